The van der Waals surface area contributed by atoms with Gasteiger partial charge in [0.2, 0.25) is 5.96 Å². The van der Waals surface area contributed by atoms with Crippen LogP contribution in [-0.4, -0.2) is 26.5 Å². The number of imidazole rings is 1. The first-order valence-electron chi connectivity index (χ1n) is 7.97. The van der Waals surface area contributed by atoms with Crippen LogP contribution in [0.1, 0.15) is 23.9 Å². The highest BCUT2D eigenvalue weighted by Crippen LogP contribution is 2.33. The Balaban J connectivity index is 0.00000280. The van der Waals surface area contributed by atoms with Gasteiger partial charge in [-0.2, -0.15) is 5.10 Å². The summed E-state index contributed by atoms with van der Waals surface area (Å²) in [6.07, 6.45) is 5.39. The zero-order valence-corrected chi connectivity index (χ0v) is 17.1. The van der Waals surface area contributed by atoms with Gasteiger partial charge in [-0.1, -0.05) is 31.0 Å². The lowest BCUT2D eigenvalue weighted by atomic mass is 10.1. The molecule has 0 spiro atoms. The topological polar surface area (TPSA) is 137 Å². The molecule has 0 amide bonds. The number of fused-ring (bicyclic) bond motifs is 1. The quantitative estimate of drug-likeness (QED) is 0.260. The van der Waals surface area contributed by atoms with Crippen LogP contribution in [0.15, 0.2) is 34.6 Å². The summed E-state index contributed by atoms with van der Waals surface area (Å²) in [4.78, 5) is 17.2. The van der Waals surface area contributed by atoms with Crippen LogP contribution < -0.4 is 11.5 Å². The summed E-state index contributed by atoms with van der Waals surface area (Å²) in [6.45, 7) is 2.10. The molecule has 0 atom stereocenters. The summed E-state index contributed by atoms with van der Waals surface area (Å²) in [5, 5.41) is 18.8. The number of nitro benzene ring substituents is 1. The molecule has 12 heteroatoms. The first kappa shape index (κ1) is 21.6. The van der Waals surface area contributed by atoms with E-state index < -0.39 is 4.92 Å². The third kappa shape index (κ3) is 4.41. The highest BCUT2D eigenvalue weighted by molar-refractivity contribution is 7.17. The summed E-state index contributed by atoms with van der Waals surface area (Å²) < 4.78 is 1.87. The van der Waals surface area contributed by atoms with Crippen molar-refractivity contribution in [3.63, 3.8) is 0 Å². The van der Waals surface area contributed by atoms with Crippen LogP contribution in [-0.2, 0) is 6.42 Å². The fourth-order valence-electron chi connectivity index (χ4n) is 2.56. The number of halogens is 2. The van der Waals surface area contributed by atoms with Crippen LogP contribution in [0.3, 0.4) is 0 Å². The van der Waals surface area contributed by atoms with Crippen molar-refractivity contribution >= 4 is 58.2 Å². The minimum atomic E-state index is -0.531. The van der Waals surface area contributed by atoms with Gasteiger partial charge in [0.1, 0.15) is 5.02 Å². The molecule has 3 aromatic rings. The second kappa shape index (κ2) is 9.00. The second-order valence-electron chi connectivity index (χ2n) is 5.64. The molecule has 9 nitrogen and oxygen atoms in total. The molecule has 0 saturated heterocycles. The predicted octanol–water partition coefficient (Wildman–Crippen LogP) is 3.61. The van der Waals surface area contributed by atoms with Crippen molar-refractivity contribution < 1.29 is 4.92 Å². The number of thiazole rings is 1. The van der Waals surface area contributed by atoms with Crippen LogP contribution in [0.25, 0.3) is 16.2 Å². The molecule has 0 aliphatic rings. The zero-order valence-electron chi connectivity index (χ0n) is 14.7. The van der Waals surface area contributed by atoms with Crippen LogP contribution >= 0.6 is 35.3 Å². The molecule has 3 rings (SSSR count). The van der Waals surface area contributed by atoms with Crippen molar-refractivity contribution in [2.45, 2.75) is 19.8 Å². The maximum Gasteiger partial charge on any atom is 0.288 e. The highest BCUT2D eigenvalue weighted by Gasteiger charge is 2.19. The number of aryl methyl sites for hydroxylation is 1. The maximum absolute atomic E-state index is 11.2. The SMILES string of the molecule is CCCc1cn2c(/C=N/N=C(N)N)c(-c3ccc(Cl)c([N+](=O)[O-])c3)nc2s1.Cl. The minimum Gasteiger partial charge on any atom is -0.369 e. The first-order chi connectivity index (χ1) is 12.9. The Kier molecular flexibility index (Phi) is 6.95. The molecular weight excluding hydrogens is 425 g/mol. The van der Waals surface area contributed by atoms with Crippen LogP contribution in [0.2, 0.25) is 5.02 Å². The summed E-state index contributed by atoms with van der Waals surface area (Å²) in [6, 6.07) is 4.54. The van der Waals surface area contributed by atoms with Crippen molar-refractivity contribution in [3.8, 4) is 11.3 Å². The normalized spacial score (nSPS) is 10.9. The number of hydrogen-bond acceptors (Lipinski definition) is 6. The van der Waals surface area contributed by atoms with Crippen molar-refractivity contribution in [1.29, 1.82) is 0 Å². The summed E-state index contributed by atoms with van der Waals surface area (Å²) in [5.74, 6) is -0.173. The molecule has 2 aromatic heterocycles. The van der Waals surface area contributed by atoms with Crippen molar-refractivity contribution in [3.05, 3.63) is 50.1 Å². The Labute approximate surface area is 175 Å². The first-order valence-corrected chi connectivity index (χ1v) is 9.17. The molecule has 0 fully saturated rings. The molecule has 0 saturated carbocycles. The monoisotopic (exact) mass is 441 g/mol. The average Bonchev–Trinajstić information content (AvgIpc) is 3.13. The molecule has 0 unspecified atom stereocenters. The number of rotatable bonds is 6. The number of benzene rings is 1. The maximum atomic E-state index is 11.2. The van der Waals surface area contributed by atoms with Gasteiger partial charge in [0.05, 0.1) is 22.5 Å². The van der Waals surface area contributed by atoms with E-state index in [4.69, 9.17) is 23.1 Å². The van der Waals surface area contributed by atoms with Gasteiger partial charge in [-0.3, -0.25) is 14.5 Å². The Hall–Kier alpha value is -2.69. The van der Waals surface area contributed by atoms with Gasteiger partial charge in [-0.05, 0) is 12.5 Å². The van der Waals surface area contributed by atoms with E-state index in [1.165, 1.54) is 23.2 Å². The molecule has 2 heterocycles. The number of nitrogens with two attached hydrogens (primary N) is 2. The number of guanidine groups is 1. The van der Waals surface area contributed by atoms with Crippen molar-refractivity contribution in [2.24, 2.45) is 21.7 Å². The van der Waals surface area contributed by atoms with E-state index in [1.54, 1.807) is 17.4 Å². The third-order valence-corrected chi connectivity index (χ3v) is 5.04. The van der Waals surface area contributed by atoms with E-state index in [0.29, 0.717) is 17.0 Å². The average molecular weight is 442 g/mol. The van der Waals surface area contributed by atoms with E-state index in [1.807, 2.05) is 10.6 Å². The van der Waals surface area contributed by atoms with Crippen LogP contribution in [0.4, 0.5) is 5.69 Å². The zero-order chi connectivity index (χ0) is 19.6. The molecule has 28 heavy (non-hydrogen) atoms. The van der Waals surface area contributed by atoms with E-state index in [9.17, 15) is 10.1 Å². The molecule has 0 aliphatic carbocycles. The van der Waals surface area contributed by atoms with Gasteiger partial charge in [0.15, 0.2) is 4.96 Å². The summed E-state index contributed by atoms with van der Waals surface area (Å²) in [5.41, 5.74) is 12.1. The number of nitrogens with zero attached hydrogens (tertiary/aromatic N) is 5. The molecular formula is C16H17Cl2N7O2S. The van der Waals surface area contributed by atoms with E-state index >= 15 is 0 Å². The van der Waals surface area contributed by atoms with E-state index in [0.717, 1.165) is 17.8 Å². The van der Waals surface area contributed by atoms with E-state index in [2.05, 4.69) is 22.1 Å². The molecule has 4 N–H and O–H groups in total. The fraction of sp³-hybridized carbons (Fsp3) is 0.188. The van der Waals surface area contributed by atoms with Gasteiger partial charge in [-0.15, -0.1) is 28.8 Å². The van der Waals surface area contributed by atoms with Gasteiger partial charge >= 0.3 is 0 Å². The van der Waals surface area contributed by atoms with E-state index in [-0.39, 0.29) is 29.1 Å². The van der Waals surface area contributed by atoms with Crippen molar-refractivity contribution in [1.82, 2.24) is 9.38 Å². The van der Waals surface area contributed by atoms with Gasteiger partial charge in [0.25, 0.3) is 5.69 Å². The Morgan fingerprint density at radius 1 is 1.46 bits per heavy atom. The fourth-order valence-corrected chi connectivity index (χ4v) is 3.83. The lowest BCUT2D eigenvalue weighted by Crippen LogP contribution is -2.21. The van der Waals surface area contributed by atoms with Gasteiger partial charge < -0.3 is 11.5 Å². The predicted molar refractivity (Wildman–Crippen MR) is 115 cm³/mol. The van der Waals surface area contributed by atoms with Crippen LogP contribution in [0, 0.1) is 10.1 Å². The number of aromatic nitrogens is 2. The number of hydrogen-bond donors (Lipinski definition) is 2. The minimum absolute atomic E-state index is 0. The lowest BCUT2D eigenvalue weighted by molar-refractivity contribution is -0.384. The Bertz CT molecular complexity index is 1070. The van der Waals surface area contributed by atoms with Gasteiger partial charge in [0, 0.05) is 22.7 Å². The highest BCUT2D eigenvalue weighted by atomic mass is 35.5. The largest absolute Gasteiger partial charge is 0.369 e. The standard InChI is InChI=1S/C16H16ClN7O2S.ClH/c1-2-3-10-8-23-13(7-20-22-15(18)19)14(21-16(23)27-10)9-4-5-11(17)12(6-9)24(25)26;/h4-8H,2-3H2,1H3,(H4,18,19,22);1H/b20-7+;. The van der Waals surface area contributed by atoms with Crippen LogP contribution in [0.5, 0.6) is 0 Å². The molecule has 148 valence electrons. The molecule has 0 radical (unpaired) electrons. The number of nitro groups is 1. The van der Waals surface area contributed by atoms with Gasteiger partial charge in [-0.25, -0.2) is 4.98 Å². The third-order valence-electron chi connectivity index (χ3n) is 3.68. The smallest absolute Gasteiger partial charge is 0.288 e. The molecule has 0 aliphatic heterocycles. The van der Waals surface area contributed by atoms with Crippen molar-refractivity contribution in [2.75, 3.05) is 0 Å². The lowest BCUT2D eigenvalue weighted by Gasteiger charge is -2.01. The summed E-state index contributed by atoms with van der Waals surface area (Å²) >= 11 is 7.46. The Morgan fingerprint density at radius 2 is 2.21 bits per heavy atom. The summed E-state index contributed by atoms with van der Waals surface area (Å²) in [7, 11) is 0. The molecule has 0 bridgehead atoms. The Morgan fingerprint density at radius 3 is 2.86 bits per heavy atom. The second-order valence-corrected chi connectivity index (χ2v) is 7.14. The molecule has 1 aromatic carbocycles.